The van der Waals surface area contributed by atoms with Crippen molar-refractivity contribution in [1.29, 1.82) is 0 Å². The molecule has 3 rings (SSSR count). The first-order valence-electron chi connectivity index (χ1n) is 6.77. The van der Waals surface area contributed by atoms with E-state index in [0.29, 0.717) is 0 Å². The number of methoxy groups -OCH3 is 1. The molecule has 0 aliphatic carbocycles. The second kappa shape index (κ2) is 6.31. The number of halogens is 1. The van der Waals surface area contributed by atoms with Crippen LogP contribution < -0.4 is 4.74 Å². The second-order valence-corrected chi connectivity index (χ2v) is 5.38. The SMILES string of the molecule is COc1ccc2ccccc2c1C(=CI)c1ccccc1. The summed E-state index contributed by atoms with van der Waals surface area (Å²) < 4.78 is 7.74. The first-order valence-corrected chi connectivity index (χ1v) is 8.01. The van der Waals surface area contributed by atoms with Crippen molar-refractivity contribution in [3.63, 3.8) is 0 Å². The summed E-state index contributed by atoms with van der Waals surface area (Å²) in [4.78, 5) is 0. The number of benzene rings is 3. The second-order valence-electron chi connectivity index (χ2n) is 4.75. The van der Waals surface area contributed by atoms with Gasteiger partial charge in [-0.3, -0.25) is 0 Å². The number of ether oxygens (including phenoxy) is 1. The van der Waals surface area contributed by atoms with E-state index in [-0.39, 0.29) is 0 Å². The molecule has 0 fully saturated rings. The van der Waals surface area contributed by atoms with Crippen molar-refractivity contribution in [1.82, 2.24) is 0 Å². The molecule has 21 heavy (non-hydrogen) atoms. The molecule has 3 aromatic rings. The molecule has 0 spiro atoms. The Morgan fingerprint density at radius 1 is 0.905 bits per heavy atom. The summed E-state index contributed by atoms with van der Waals surface area (Å²) in [5, 5.41) is 2.43. The van der Waals surface area contributed by atoms with Crippen LogP contribution >= 0.6 is 22.6 Å². The average Bonchev–Trinajstić information content (AvgIpc) is 2.56. The zero-order valence-electron chi connectivity index (χ0n) is 11.7. The van der Waals surface area contributed by atoms with Gasteiger partial charge in [-0.15, -0.1) is 0 Å². The van der Waals surface area contributed by atoms with E-state index in [4.69, 9.17) is 4.74 Å². The summed E-state index contributed by atoms with van der Waals surface area (Å²) in [6, 6.07) is 23.0. The minimum atomic E-state index is 0.903. The molecular weight excluding hydrogens is 371 g/mol. The zero-order chi connectivity index (χ0) is 14.7. The fraction of sp³-hybridized carbons (Fsp3) is 0.0526. The number of hydrogen-bond donors (Lipinski definition) is 0. The van der Waals surface area contributed by atoms with Crippen LogP contribution in [0.3, 0.4) is 0 Å². The molecule has 0 bridgehead atoms. The quantitative estimate of drug-likeness (QED) is 0.527. The summed E-state index contributed by atoms with van der Waals surface area (Å²) >= 11 is 2.30. The van der Waals surface area contributed by atoms with Gasteiger partial charge in [0.05, 0.1) is 7.11 Å². The lowest BCUT2D eigenvalue weighted by molar-refractivity contribution is 0.414. The molecule has 0 radical (unpaired) electrons. The lowest BCUT2D eigenvalue weighted by Gasteiger charge is -2.15. The van der Waals surface area contributed by atoms with E-state index in [1.807, 2.05) is 12.1 Å². The van der Waals surface area contributed by atoms with E-state index < -0.39 is 0 Å². The molecule has 0 N–H and O–H groups in total. The van der Waals surface area contributed by atoms with Crippen LogP contribution in [-0.4, -0.2) is 7.11 Å². The van der Waals surface area contributed by atoms with E-state index in [1.54, 1.807) is 7.11 Å². The Balaban J connectivity index is 2.32. The highest BCUT2D eigenvalue weighted by Gasteiger charge is 2.14. The third-order valence-electron chi connectivity index (χ3n) is 3.57. The smallest absolute Gasteiger partial charge is 0.127 e. The Morgan fingerprint density at radius 3 is 2.33 bits per heavy atom. The summed E-state index contributed by atoms with van der Waals surface area (Å²) in [7, 11) is 1.73. The molecule has 2 heteroatoms. The fourth-order valence-corrected chi connectivity index (χ4v) is 3.25. The Morgan fingerprint density at radius 2 is 1.62 bits per heavy atom. The Hall–Kier alpha value is -1.81. The highest BCUT2D eigenvalue weighted by Crippen LogP contribution is 2.37. The highest BCUT2D eigenvalue weighted by molar-refractivity contribution is 14.1. The third kappa shape index (κ3) is 2.68. The van der Waals surface area contributed by atoms with E-state index in [1.165, 1.54) is 21.9 Å². The Bertz CT molecular complexity index is 791. The van der Waals surface area contributed by atoms with Crippen LogP contribution in [0.2, 0.25) is 0 Å². The minimum absolute atomic E-state index is 0.903. The third-order valence-corrected chi connectivity index (χ3v) is 4.20. The van der Waals surface area contributed by atoms with Gasteiger partial charge in [-0.05, 0) is 32.1 Å². The van der Waals surface area contributed by atoms with Crippen LogP contribution in [0.4, 0.5) is 0 Å². The summed E-state index contributed by atoms with van der Waals surface area (Å²) in [5.41, 5.74) is 3.53. The van der Waals surface area contributed by atoms with E-state index in [2.05, 4.69) is 81.3 Å². The molecule has 0 aliphatic heterocycles. The summed E-state index contributed by atoms with van der Waals surface area (Å²) in [6.07, 6.45) is 0. The Kier molecular flexibility index (Phi) is 4.25. The van der Waals surface area contributed by atoms with Gasteiger partial charge in [0.25, 0.3) is 0 Å². The van der Waals surface area contributed by atoms with Crippen molar-refractivity contribution in [3.05, 3.63) is 81.9 Å². The van der Waals surface area contributed by atoms with Crippen molar-refractivity contribution >= 4 is 38.9 Å². The lowest BCUT2D eigenvalue weighted by Crippen LogP contribution is -1.94. The number of hydrogen-bond acceptors (Lipinski definition) is 1. The monoisotopic (exact) mass is 386 g/mol. The molecule has 0 aromatic heterocycles. The van der Waals surface area contributed by atoms with E-state index >= 15 is 0 Å². The molecule has 0 saturated heterocycles. The van der Waals surface area contributed by atoms with Crippen molar-refractivity contribution in [2.24, 2.45) is 0 Å². The van der Waals surface area contributed by atoms with Crippen LogP contribution in [0, 0.1) is 0 Å². The maximum Gasteiger partial charge on any atom is 0.127 e. The zero-order valence-corrected chi connectivity index (χ0v) is 13.9. The standard InChI is InChI=1S/C19H15IO/c1-21-18-12-11-15-9-5-6-10-16(15)19(18)17(13-20)14-7-3-2-4-8-14/h2-13H,1H3. The van der Waals surface area contributed by atoms with Gasteiger partial charge in [0, 0.05) is 5.56 Å². The van der Waals surface area contributed by atoms with Crippen LogP contribution in [0.5, 0.6) is 5.75 Å². The van der Waals surface area contributed by atoms with Crippen LogP contribution in [-0.2, 0) is 0 Å². The van der Waals surface area contributed by atoms with Gasteiger partial charge < -0.3 is 4.74 Å². The molecule has 0 atom stereocenters. The minimum Gasteiger partial charge on any atom is -0.496 e. The summed E-state index contributed by atoms with van der Waals surface area (Å²) in [5.74, 6) is 0.903. The van der Waals surface area contributed by atoms with Gasteiger partial charge in [-0.1, -0.05) is 83.3 Å². The predicted octanol–water partition coefficient (Wildman–Crippen LogP) is 5.67. The molecule has 3 aromatic carbocycles. The molecule has 0 unspecified atom stereocenters. The first kappa shape index (κ1) is 14.1. The largest absolute Gasteiger partial charge is 0.496 e. The average molecular weight is 386 g/mol. The van der Waals surface area contributed by atoms with Gasteiger partial charge in [-0.25, -0.2) is 0 Å². The van der Waals surface area contributed by atoms with E-state index in [9.17, 15) is 0 Å². The molecule has 0 amide bonds. The molecular formula is C19H15IO. The normalized spacial score (nSPS) is 11.6. The van der Waals surface area contributed by atoms with Crippen LogP contribution in [0.1, 0.15) is 11.1 Å². The maximum atomic E-state index is 5.61. The van der Waals surface area contributed by atoms with Gasteiger partial charge >= 0.3 is 0 Å². The van der Waals surface area contributed by atoms with Crippen molar-refractivity contribution < 1.29 is 4.74 Å². The van der Waals surface area contributed by atoms with Crippen molar-refractivity contribution in [2.45, 2.75) is 0 Å². The molecule has 0 heterocycles. The molecule has 0 aliphatic rings. The van der Waals surface area contributed by atoms with Gasteiger partial charge in [0.2, 0.25) is 0 Å². The fourth-order valence-electron chi connectivity index (χ4n) is 2.58. The first-order chi connectivity index (χ1) is 10.3. The molecule has 1 nitrogen and oxygen atoms in total. The predicted molar refractivity (Wildman–Crippen MR) is 98.0 cm³/mol. The molecule has 104 valence electrons. The number of fused-ring (bicyclic) bond motifs is 1. The number of rotatable bonds is 3. The maximum absolute atomic E-state index is 5.61. The van der Waals surface area contributed by atoms with E-state index in [0.717, 1.165) is 11.3 Å². The molecule has 0 saturated carbocycles. The van der Waals surface area contributed by atoms with Crippen molar-refractivity contribution in [2.75, 3.05) is 7.11 Å². The van der Waals surface area contributed by atoms with Gasteiger partial charge in [0.15, 0.2) is 0 Å². The van der Waals surface area contributed by atoms with Crippen LogP contribution in [0.25, 0.3) is 16.3 Å². The topological polar surface area (TPSA) is 9.23 Å². The van der Waals surface area contributed by atoms with Crippen molar-refractivity contribution in [3.8, 4) is 5.75 Å². The lowest BCUT2D eigenvalue weighted by atomic mass is 9.93. The van der Waals surface area contributed by atoms with Gasteiger partial charge in [0.1, 0.15) is 5.75 Å². The summed E-state index contributed by atoms with van der Waals surface area (Å²) in [6.45, 7) is 0. The van der Waals surface area contributed by atoms with Gasteiger partial charge in [-0.2, -0.15) is 0 Å². The Labute approximate surface area is 138 Å². The highest BCUT2D eigenvalue weighted by atomic mass is 127. The van der Waals surface area contributed by atoms with Crippen LogP contribution in [0.15, 0.2) is 70.8 Å².